The third kappa shape index (κ3) is 6.31. The largest absolute Gasteiger partial charge is 0.484 e. The molecule has 0 saturated carbocycles. The van der Waals surface area contributed by atoms with E-state index in [1.54, 1.807) is 31.2 Å². The van der Waals surface area contributed by atoms with Crippen LogP contribution in [0.15, 0.2) is 36.4 Å². The van der Waals surface area contributed by atoms with E-state index in [4.69, 9.17) is 9.84 Å². The van der Waals surface area contributed by atoms with Gasteiger partial charge in [-0.1, -0.05) is 51.2 Å². The molecule has 0 bridgehead atoms. The number of carbonyl (C=O) groups is 1. The molecule has 2 rings (SSSR count). The summed E-state index contributed by atoms with van der Waals surface area (Å²) in [6, 6.07) is 9.76. The van der Waals surface area contributed by atoms with E-state index in [2.05, 4.69) is 6.92 Å². The fraction of sp³-hybridized carbons (Fsp3) is 0.458. The Balaban J connectivity index is 2.13. The highest BCUT2D eigenvalue weighted by atomic mass is 16.6. The predicted octanol–water partition coefficient (Wildman–Crippen LogP) is 6.79. The number of carboxylic acid groups (broad SMARTS) is 1. The summed E-state index contributed by atoms with van der Waals surface area (Å²) in [7, 11) is 0. The normalized spacial score (nSPS) is 11.8. The Morgan fingerprint density at radius 2 is 1.70 bits per heavy atom. The molecule has 6 nitrogen and oxygen atoms in total. The van der Waals surface area contributed by atoms with Gasteiger partial charge in [0, 0.05) is 5.56 Å². The second-order valence-corrected chi connectivity index (χ2v) is 7.71. The zero-order chi connectivity index (χ0) is 22.1. The number of aromatic carboxylic acids is 1. The standard InChI is InChI=1S/C24H31NO5/c1-4-5-6-7-8-9-10-17(2)30-22-16-15-21(18(3)23(22)25(28)29)19-11-13-20(14-12-19)24(26)27/h11-17H,4-10H2,1-3H3,(H,26,27)/t17-/m0/s1. The molecule has 0 unspecified atom stereocenters. The van der Waals surface area contributed by atoms with E-state index in [9.17, 15) is 14.9 Å². The monoisotopic (exact) mass is 413 g/mol. The van der Waals surface area contributed by atoms with E-state index < -0.39 is 10.9 Å². The summed E-state index contributed by atoms with van der Waals surface area (Å²) < 4.78 is 5.94. The van der Waals surface area contributed by atoms with E-state index in [-0.39, 0.29) is 23.1 Å². The Hall–Kier alpha value is -2.89. The van der Waals surface area contributed by atoms with Crippen LogP contribution in [0.25, 0.3) is 11.1 Å². The van der Waals surface area contributed by atoms with Gasteiger partial charge < -0.3 is 9.84 Å². The molecule has 30 heavy (non-hydrogen) atoms. The van der Waals surface area contributed by atoms with Crippen molar-refractivity contribution in [2.75, 3.05) is 0 Å². The first kappa shape index (κ1) is 23.4. The lowest BCUT2D eigenvalue weighted by molar-refractivity contribution is -0.386. The fourth-order valence-electron chi connectivity index (χ4n) is 3.59. The summed E-state index contributed by atoms with van der Waals surface area (Å²) in [5.74, 6) is -0.728. The highest BCUT2D eigenvalue weighted by Gasteiger charge is 2.23. The highest BCUT2D eigenvalue weighted by Crippen LogP contribution is 2.38. The molecular formula is C24H31NO5. The zero-order valence-corrected chi connectivity index (χ0v) is 18.0. The van der Waals surface area contributed by atoms with Crippen molar-refractivity contribution in [2.45, 2.75) is 71.8 Å². The number of carboxylic acids is 1. The van der Waals surface area contributed by atoms with Gasteiger partial charge in [0.1, 0.15) is 0 Å². The van der Waals surface area contributed by atoms with Gasteiger partial charge >= 0.3 is 11.7 Å². The van der Waals surface area contributed by atoms with Crippen molar-refractivity contribution in [3.63, 3.8) is 0 Å². The lowest BCUT2D eigenvalue weighted by Crippen LogP contribution is -2.13. The van der Waals surface area contributed by atoms with Gasteiger partial charge in [0.05, 0.1) is 16.6 Å². The van der Waals surface area contributed by atoms with Crippen LogP contribution in [0.5, 0.6) is 5.75 Å². The van der Waals surface area contributed by atoms with Crippen molar-refractivity contribution < 1.29 is 19.6 Å². The molecule has 0 aliphatic rings. The van der Waals surface area contributed by atoms with Crippen LogP contribution in [0.3, 0.4) is 0 Å². The van der Waals surface area contributed by atoms with E-state index >= 15 is 0 Å². The molecule has 0 saturated heterocycles. The minimum absolute atomic E-state index is 0.0374. The number of nitro benzene ring substituents is 1. The van der Waals surface area contributed by atoms with Crippen LogP contribution >= 0.6 is 0 Å². The highest BCUT2D eigenvalue weighted by molar-refractivity contribution is 5.88. The topological polar surface area (TPSA) is 89.7 Å². The van der Waals surface area contributed by atoms with Crippen LogP contribution in [0.2, 0.25) is 0 Å². The molecule has 0 aromatic heterocycles. The number of unbranched alkanes of at least 4 members (excludes halogenated alkanes) is 5. The van der Waals surface area contributed by atoms with Crippen molar-refractivity contribution in [3.05, 3.63) is 57.6 Å². The van der Waals surface area contributed by atoms with Crippen LogP contribution in [0.1, 0.15) is 74.7 Å². The summed E-state index contributed by atoms with van der Waals surface area (Å²) in [6.07, 6.45) is 7.92. The third-order valence-corrected chi connectivity index (χ3v) is 5.31. The first-order valence-electron chi connectivity index (χ1n) is 10.6. The second kappa shape index (κ2) is 11.3. The summed E-state index contributed by atoms with van der Waals surface area (Å²) in [6.45, 7) is 5.84. The molecule has 162 valence electrons. The van der Waals surface area contributed by atoms with Gasteiger partial charge in [-0.25, -0.2) is 4.79 Å². The van der Waals surface area contributed by atoms with Gasteiger partial charge in [-0.2, -0.15) is 0 Å². The molecule has 6 heteroatoms. The Bertz CT molecular complexity index is 861. The molecule has 0 heterocycles. The summed E-state index contributed by atoms with van der Waals surface area (Å²) >= 11 is 0. The number of hydrogen-bond acceptors (Lipinski definition) is 4. The van der Waals surface area contributed by atoms with Gasteiger partial charge in [0.15, 0.2) is 5.75 Å². The van der Waals surface area contributed by atoms with Crippen LogP contribution < -0.4 is 4.74 Å². The van der Waals surface area contributed by atoms with Crippen molar-refractivity contribution in [1.82, 2.24) is 0 Å². The molecule has 0 aliphatic carbocycles. The van der Waals surface area contributed by atoms with Crippen molar-refractivity contribution >= 4 is 11.7 Å². The maximum Gasteiger partial charge on any atom is 0.335 e. The molecule has 0 aliphatic heterocycles. The van der Waals surface area contributed by atoms with Crippen LogP contribution in [0.4, 0.5) is 5.69 Å². The molecule has 2 aromatic rings. The molecule has 1 atom stereocenters. The Labute approximate surface area is 178 Å². The first-order chi connectivity index (χ1) is 14.3. The molecule has 1 N–H and O–H groups in total. The number of nitro groups is 1. The number of hydrogen-bond donors (Lipinski definition) is 1. The maximum absolute atomic E-state index is 11.8. The van der Waals surface area contributed by atoms with Crippen molar-refractivity contribution in [3.8, 4) is 16.9 Å². The SMILES string of the molecule is CCCCCCCC[C@H](C)Oc1ccc(-c2ccc(C(=O)O)cc2)c(C)c1[N+](=O)[O-]. The smallest absolute Gasteiger partial charge is 0.335 e. The number of benzene rings is 2. The van der Waals surface area contributed by atoms with Crippen LogP contribution in [-0.4, -0.2) is 22.1 Å². The van der Waals surface area contributed by atoms with E-state index in [1.165, 1.54) is 37.8 Å². The predicted molar refractivity (Wildman–Crippen MR) is 118 cm³/mol. The fourth-order valence-corrected chi connectivity index (χ4v) is 3.59. The third-order valence-electron chi connectivity index (χ3n) is 5.31. The maximum atomic E-state index is 11.8. The quantitative estimate of drug-likeness (QED) is 0.235. The molecule has 0 fully saturated rings. The van der Waals surface area contributed by atoms with Gasteiger partial charge in [0.25, 0.3) is 0 Å². The number of rotatable bonds is 12. The van der Waals surface area contributed by atoms with E-state index in [0.717, 1.165) is 24.8 Å². The van der Waals surface area contributed by atoms with Gasteiger partial charge in [-0.05, 0) is 62.1 Å². The Morgan fingerprint density at radius 3 is 2.30 bits per heavy atom. The average molecular weight is 414 g/mol. The first-order valence-corrected chi connectivity index (χ1v) is 10.6. The van der Waals surface area contributed by atoms with Crippen LogP contribution in [-0.2, 0) is 0 Å². The molecule has 0 radical (unpaired) electrons. The van der Waals surface area contributed by atoms with Gasteiger partial charge in [-0.15, -0.1) is 0 Å². The minimum Gasteiger partial charge on any atom is -0.484 e. The Kier molecular flexibility index (Phi) is 8.84. The minimum atomic E-state index is -1.01. The Morgan fingerprint density at radius 1 is 1.07 bits per heavy atom. The van der Waals surface area contributed by atoms with E-state index in [0.29, 0.717) is 11.1 Å². The summed E-state index contributed by atoms with van der Waals surface area (Å²) in [5.41, 5.74) is 2.06. The molecular weight excluding hydrogens is 382 g/mol. The lowest BCUT2D eigenvalue weighted by atomic mass is 9.97. The molecule has 0 amide bonds. The van der Waals surface area contributed by atoms with E-state index in [1.807, 2.05) is 6.92 Å². The summed E-state index contributed by atoms with van der Waals surface area (Å²) in [5, 5.41) is 20.8. The molecule has 2 aromatic carbocycles. The number of ether oxygens (including phenoxy) is 1. The zero-order valence-electron chi connectivity index (χ0n) is 18.0. The lowest BCUT2D eigenvalue weighted by Gasteiger charge is -2.17. The second-order valence-electron chi connectivity index (χ2n) is 7.71. The van der Waals surface area contributed by atoms with Crippen molar-refractivity contribution in [2.24, 2.45) is 0 Å². The van der Waals surface area contributed by atoms with Gasteiger partial charge in [-0.3, -0.25) is 10.1 Å². The number of nitrogens with zero attached hydrogens (tertiary/aromatic N) is 1. The van der Waals surface area contributed by atoms with Gasteiger partial charge in [0.2, 0.25) is 0 Å². The van der Waals surface area contributed by atoms with Crippen molar-refractivity contribution in [1.29, 1.82) is 0 Å². The summed E-state index contributed by atoms with van der Waals surface area (Å²) in [4.78, 5) is 22.4. The molecule has 0 spiro atoms. The van der Waals surface area contributed by atoms with Crippen LogP contribution in [0, 0.1) is 17.0 Å². The average Bonchev–Trinajstić information content (AvgIpc) is 2.70.